The highest BCUT2D eigenvalue weighted by atomic mass is 35.5. The number of rotatable bonds is 2. The Labute approximate surface area is 139 Å². The number of aromatic nitrogens is 1. The van der Waals surface area contributed by atoms with Crippen LogP contribution in [0.25, 0.3) is 11.3 Å². The monoisotopic (exact) mass is 364 g/mol. The summed E-state index contributed by atoms with van der Waals surface area (Å²) in [6.45, 7) is 0. The highest BCUT2D eigenvalue weighted by Crippen LogP contribution is 2.43. The van der Waals surface area contributed by atoms with Crippen LogP contribution >= 0.6 is 34.8 Å². The van der Waals surface area contributed by atoms with E-state index in [1.807, 2.05) is 0 Å². The molecule has 2 nitrogen and oxygen atoms in total. The molecule has 0 bridgehead atoms. The topological polar surface area (TPSA) is 36.7 Å². The first-order valence-corrected chi connectivity index (χ1v) is 6.96. The van der Waals surface area contributed by atoms with Gasteiger partial charge in [0, 0.05) is 16.8 Å². The first kappa shape index (κ1) is 16.9. The summed E-state index contributed by atoms with van der Waals surface area (Å²) in [5.74, 6) is 0. The number of pyridine rings is 1. The standard InChI is InChI=1S/C14H6Cl3F3N2/c15-8-5-9(12(17)10(16)6-8)13-11(14(18,19)20)7(1-3-21)2-4-22-13/h2,4-6H,1H2. The molecule has 1 aromatic heterocycles. The molecule has 0 saturated carbocycles. The van der Waals surface area contributed by atoms with Gasteiger partial charge in [-0.3, -0.25) is 4.98 Å². The molecule has 8 heteroatoms. The lowest BCUT2D eigenvalue weighted by atomic mass is 9.99. The number of hydrogen-bond acceptors (Lipinski definition) is 2. The van der Waals surface area contributed by atoms with Gasteiger partial charge in [-0.05, 0) is 23.8 Å². The lowest BCUT2D eigenvalue weighted by molar-refractivity contribution is -0.137. The Morgan fingerprint density at radius 3 is 2.45 bits per heavy atom. The lowest BCUT2D eigenvalue weighted by Crippen LogP contribution is -2.12. The molecule has 0 unspecified atom stereocenters. The van der Waals surface area contributed by atoms with Crippen LogP contribution in [0.15, 0.2) is 24.4 Å². The van der Waals surface area contributed by atoms with E-state index in [9.17, 15) is 13.2 Å². The van der Waals surface area contributed by atoms with E-state index >= 15 is 0 Å². The summed E-state index contributed by atoms with van der Waals surface area (Å²) in [7, 11) is 0. The van der Waals surface area contributed by atoms with Crippen molar-refractivity contribution in [2.45, 2.75) is 12.6 Å². The molecular weight excluding hydrogens is 360 g/mol. The lowest BCUT2D eigenvalue weighted by Gasteiger charge is -2.16. The van der Waals surface area contributed by atoms with E-state index in [2.05, 4.69) is 4.98 Å². The van der Waals surface area contributed by atoms with Crippen LogP contribution in [0.3, 0.4) is 0 Å². The molecule has 2 aromatic rings. The van der Waals surface area contributed by atoms with Crippen molar-refractivity contribution in [2.24, 2.45) is 0 Å². The molecular formula is C14H6Cl3F3N2. The van der Waals surface area contributed by atoms with Gasteiger partial charge in [-0.2, -0.15) is 18.4 Å². The highest BCUT2D eigenvalue weighted by molar-refractivity contribution is 6.45. The smallest absolute Gasteiger partial charge is 0.256 e. The predicted molar refractivity (Wildman–Crippen MR) is 79.0 cm³/mol. The quantitative estimate of drug-likeness (QED) is 0.631. The number of halogens is 6. The number of nitriles is 1. The molecule has 0 saturated heterocycles. The Balaban J connectivity index is 2.82. The van der Waals surface area contributed by atoms with Crippen LogP contribution in [-0.4, -0.2) is 4.98 Å². The Hall–Kier alpha value is -1.48. The average Bonchev–Trinajstić information content (AvgIpc) is 2.41. The van der Waals surface area contributed by atoms with Gasteiger partial charge in [0.1, 0.15) is 0 Å². The Morgan fingerprint density at radius 2 is 1.86 bits per heavy atom. The number of alkyl halides is 3. The van der Waals surface area contributed by atoms with Crippen molar-refractivity contribution in [3.8, 4) is 17.3 Å². The minimum atomic E-state index is -4.70. The third-order valence-corrected chi connectivity index (χ3v) is 3.86. The van der Waals surface area contributed by atoms with Crippen molar-refractivity contribution >= 4 is 34.8 Å². The molecule has 0 atom stereocenters. The van der Waals surface area contributed by atoms with E-state index in [1.54, 1.807) is 6.07 Å². The zero-order chi connectivity index (χ0) is 16.5. The summed E-state index contributed by atoms with van der Waals surface area (Å²) >= 11 is 17.7. The molecule has 0 N–H and O–H groups in total. The maximum Gasteiger partial charge on any atom is 0.418 e. The summed E-state index contributed by atoms with van der Waals surface area (Å²) in [4.78, 5) is 3.77. The highest BCUT2D eigenvalue weighted by Gasteiger charge is 2.37. The van der Waals surface area contributed by atoms with Crippen LogP contribution in [0.2, 0.25) is 15.1 Å². The third kappa shape index (κ3) is 3.30. The maximum atomic E-state index is 13.4. The molecule has 0 aliphatic rings. The molecule has 0 radical (unpaired) electrons. The first-order chi connectivity index (χ1) is 10.3. The van der Waals surface area contributed by atoms with Crippen molar-refractivity contribution in [3.63, 3.8) is 0 Å². The van der Waals surface area contributed by atoms with Crippen LogP contribution in [0.4, 0.5) is 13.2 Å². The van der Waals surface area contributed by atoms with Crippen molar-refractivity contribution < 1.29 is 13.2 Å². The Bertz CT molecular complexity index is 767. The van der Waals surface area contributed by atoms with Gasteiger partial charge in [-0.25, -0.2) is 0 Å². The fraction of sp³-hybridized carbons (Fsp3) is 0.143. The van der Waals surface area contributed by atoms with Gasteiger partial charge in [0.05, 0.1) is 33.8 Å². The molecule has 0 aliphatic carbocycles. The molecule has 0 aliphatic heterocycles. The van der Waals surface area contributed by atoms with Crippen LogP contribution in [0, 0.1) is 11.3 Å². The summed E-state index contributed by atoms with van der Waals surface area (Å²) < 4.78 is 40.2. The molecule has 1 heterocycles. The van der Waals surface area contributed by atoms with E-state index < -0.39 is 23.9 Å². The fourth-order valence-electron chi connectivity index (χ4n) is 1.98. The van der Waals surface area contributed by atoms with E-state index in [0.717, 1.165) is 6.07 Å². The van der Waals surface area contributed by atoms with E-state index in [1.165, 1.54) is 18.3 Å². The summed E-state index contributed by atoms with van der Waals surface area (Å²) in [5, 5.41) is 8.77. The maximum absolute atomic E-state index is 13.4. The van der Waals surface area contributed by atoms with E-state index in [4.69, 9.17) is 40.1 Å². The molecule has 22 heavy (non-hydrogen) atoms. The average molecular weight is 366 g/mol. The van der Waals surface area contributed by atoms with Crippen LogP contribution in [0.1, 0.15) is 11.1 Å². The molecule has 2 rings (SSSR count). The summed E-state index contributed by atoms with van der Waals surface area (Å²) in [5.41, 5.74) is -1.65. The van der Waals surface area contributed by atoms with Gasteiger partial charge in [-0.1, -0.05) is 34.8 Å². The first-order valence-electron chi connectivity index (χ1n) is 5.82. The number of nitrogens with zero attached hydrogens (tertiary/aromatic N) is 2. The van der Waals surface area contributed by atoms with Crippen LogP contribution in [-0.2, 0) is 12.6 Å². The zero-order valence-corrected chi connectivity index (χ0v) is 12.9. The zero-order valence-electron chi connectivity index (χ0n) is 10.7. The minimum absolute atomic E-state index is 0.0183. The number of hydrogen-bond donors (Lipinski definition) is 0. The molecule has 114 valence electrons. The SMILES string of the molecule is N#CCc1ccnc(-c2cc(Cl)cc(Cl)c2Cl)c1C(F)(F)F. The van der Waals surface area contributed by atoms with Gasteiger partial charge in [0.15, 0.2) is 0 Å². The van der Waals surface area contributed by atoms with Crippen molar-refractivity contribution in [1.82, 2.24) is 4.98 Å². The normalized spacial score (nSPS) is 11.3. The van der Waals surface area contributed by atoms with Gasteiger partial charge in [0.2, 0.25) is 0 Å². The van der Waals surface area contributed by atoms with Gasteiger partial charge in [-0.15, -0.1) is 0 Å². The van der Waals surface area contributed by atoms with Crippen LogP contribution in [0.5, 0.6) is 0 Å². The second-order valence-electron chi connectivity index (χ2n) is 4.28. The Kier molecular flexibility index (Phi) is 4.86. The van der Waals surface area contributed by atoms with Crippen molar-refractivity contribution in [1.29, 1.82) is 5.26 Å². The number of benzene rings is 1. The Morgan fingerprint density at radius 1 is 1.18 bits per heavy atom. The van der Waals surface area contributed by atoms with Gasteiger partial charge >= 0.3 is 6.18 Å². The van der Waals surface area contributed by atoms with Crippen molar-refractivity contribution in [3.05, 3.63) is 50.6 Å². The second kappa shape index (κ2) is 6.33. The largest absolute Gasteiger partial charge is 0.418 e. The van der Waals surface area contributed by atoms with Gasteiger partial charge in [0.25, 0.3) is 0 Å². The van der Waals surface area contributed by atoms with Crippen LogP contribution < -0.4 is 0 Å². The molecule has 1 aromatic carbocycles. The minimum Gasteiger partial charge on any atom is -0.256 e. The molecule has 0 amide bonds. The van der Waals surface area contributed by atoms with E-state index in [-0.39, 0.29) is 26.2 Å². The molecule has 0 spiro atoms. The third-order valence-electron chi connectivity index (χ3n) is 2.84. The summed E-state index contributed by atoms with van der Waals surface area (Å²) in [6.07, 6.45) is -3.92. The fourth-order valence-corrected chi connectivity index (χ4v) is 2.68. The molecule has 0 fully saturated rings. The predicted octanol–water partition coefficient (Wildman–Crippen LogP) is 5.79. The summed E-state index contributed by atoms with van der Waals surface area (Å²) in [6, 6.07) is 5.42. The van der Waals surface area contributed by atoms with Gasteiger partial charge < -0.3 is 0 Å². The second-order valence-corrected chi connectivity index (χ2v) is 5.50. The van der Waals surface area contributed by atoms with E-state index in [0.29, 0.717) is 0 Å². The van der Waals surface area contributed by atoms with Crippen molar-refractivity contribution in [2.75, 3.05) is 0 Å².